The molecule has 1 heterocycles. The lowest BCUT2D eigenvalue weighted by atomic mass is 9.70. The zero-order valence-electron chi connectivity index (χ0n) is 18.0. The van der Waals surface area contributed by atoms with E-state index in [9.17, 15) is 0 Å². The van der Waals surface area contributed by atoms with E-state index < -0.39 is 5.41 Å². The first-order valence-electron chi connectivity index (χ1n) is 11.4. The molecule has 0 saturated heterocycles. The molecule has 2 aliphatic carbocycles. The predicted molar refractivity (Wildman–Crippen MR) is 138 cm³/mol. The minimum atomic E-state index is -0.394. The second-order valence-corrected chi connectivity index (χ2v) is 10.5. The monoisotopic (exact) mass is 472 g/mol. The van der Waals surface area contributed by atoms with E-state index in [1.54, 1.807) is 11.8 Å². The molecule has 8 rings (SSSR count). The van der Waals surface area contributed by atoms with Crippen molar-refractivity contribution < 1.29 is 4.74 Å². The molecule has 34 heavy (non-hydrogen) atoms. The summed E-state index contributed by atoms with van der Waals surface area (Å²) < 4.78 is 6.38. The van der Waals surface area contributed by atoms with Crippen molar-refractivity contribution >= 4 is 23.4 Å². The molecule has 0 radical (unpaired) electrons. The first-order valence-corrected chi connectivity index (χ1v) is 12.6. The Morgan fingerprint density at radius 2 is 1.29 bits per heavy atom. The van der Waals surface area contributed by atoms with Crippen LogP contribution in [0.25, 0.3) is 22.3 Å². The third-order valence-electron chi connectivity index (χ3n) is 7.41. The molecule has 0 aromatic heterocycles. The van der Waals surface area contributed by atoms with Crippen LogP contribution in [-0.2, 0) is 5.41 Å². The molecule has 1 spiro atoms. The minimum Gasteiger partial charge on any atom is -0.455 e. The average molecular weight is 473 g/mol. The highest BCUT2D eigenvalue weighted by molar-refractivity contribution is 7.99. The second kappa shape index (κ2) is 6.56. The quantitative estimate of drug-likeness (QED) is 0.218. The molecule has 0 N–H and O–H groups in total. The first-order chi connectivity index (χ1) is 16.8. The molecule has 0 atom stereocenters. The highest BCUT2D eigenvalue weighted by Gasteiger charge is 2.52. The number of hydrogen-bond donors (Lipinski definition) is 0. The number of para-hydroxylation sites is 1. The summed E-state index contributed by atoms with van der Waals surface area (Å²) >= 11 is 8.46. The maximum Gasteiger partial charge on any atom is 0.142 e. The Labute approximate surface area is 207 Å². The van der Waals surface area contributed by atoms with Crippen molar-refractivity contribution in [3.63, 3.8) is 0 Å². The van der Waals surface area contributed by atoms with Crippen LogP contribution in [0.15, 0.2) is 113 Å². The molecule has 0 unspecified atom stereocenters. The summed E-state index contributed by atoms with van der Waals surface area (Å²) in [4.78, 5) is 2.32. The fraction of sp³-hybridized carbons (Fsp3) is 0.0323. The van der Waals surface area contributed by atoms with Gasteiger partial charge in [-0.15, -0.1) is 0 Å². The van der Waals surface area contributed by atoms with Gasteiger partial charge in [-0.25, -0.2) is 0 Å². The summed E-state index contributed by atoms with van der Waals surface area (Å²) in [5, 5.41) is 0.760. The molecule has 5 aromatic carbocycles. The summed E-state index contributed by atoms with van der Waals surface area (Å²) in [6.45, 7) is 0. The molecular weight excluding hydrogens is 456 g/mol. The third-order valence-corrected chi connectivity index (χ3v) is 8.82. The Hall–Kier alpha value is -3.46. The molecule has 3 aliphatic rings. The third kappa shape index (κ3) is 2.18. The van der Waals surface area contributed by atoms with Crippen LogP contribution in [0.1, 0.15) is 22.3 Å². The van der Waals surface area contributed by atoms with Crippen LogP contribution in [-0.4, -0.2) is 0 Å². The Kier molecular flexibility index (Phi) is 3.65. The van der Waals surface area contributed by atoms with Gasteiger partial charge in [0.1, 0.15) is 11.5 Å². The van der Waals surface area contributed by atoms with E-state index in [-0.39, 0.29) is 0 Å². The zero-order valence-corrected chi connectivity index (χ0v) is 19.6. The van der Waals surface area contributed by atoms with E-state index in [1.165, 1.54) is 49.4 Å². The van der Waals surface area contributed by atoms with Gasteiger partial charge < -0.3 is 4.74 Å². The maximum atomic E-state index is 6.66. The topological polar surface area (TPSA) is 9.23 Å². The van der Waals surface area contributed by atoms with Crippen LogP contribution in [0.3, 0.4) is 0 Å². The maximum absolute atomic E-state index is 6.66. The number of halogens is 1. The van der Waals surface area contributed by atoms with E-state index in [1.807, 2.05) is 18.2 Å². The molecular formula is C31H17ClOS. The predicted octanol–water partition coefficient (Wildman–Crippen LogP) is 8.94. The Morgan fingerprint density at radius 1 is 0.588 bits per heavy atom. The van der Waals surface area contributed by atoms with E-state index in [2.05, 4.69) is 84.9 Å². The molecule has 0 fully saturated rings. The summed E-state index contributed by atoms with van der Waals surface area (Å²) in [5.41, 5.74) is 9.88. The lowest BCUT2D eigenvalue weighted by Gasteiger charge is -2.31. The van der Waals surface area contributed by atoms with E-state index in [4.69, 9.17) is 16.3 Å². The van der Waals surface area contributed by atoms with Crippen LogP contribution >= 0.6 is 23.4 Å². The molecule has 1 nitrogen and oxygen atoms in total. The lowest BCUT2D eigenvalue weighted by molar-refractivity contribution is 0.454. The molecule has 160 valence electrons. The normalized spacial score (nSPS) is 15.0. The highest BCUT2D eigenvalue weighted by atomic mass is 35.5. The second-order valence-electron chi connectivity index (χ2n) is 9.00. The van der Waals surface area contributed by atoms with Gasteiger partial charge in [0.05, 0.1) is 15.2 Å². The Bertz CT molecular complexity index is 1640. The van der Waals surface area contributed by atoms with Crippen molar-refractivity contribution in [3.05, 3.63) is 130 Å². The fourth-order valence-electron chi connectivity index (χ4n) is 6.18. The van der Waals surface area contributed by atoms with Crippen molar-refractivity contribution in [2.45, 2.75) is 15.2 Å². The van der Waals surface area contributed by atoms with Crippen molar-refractivity contribution in [3.8, 4) is 33.8 Å². The van der Waals surface area contributed by atoms with Gasteiger partial charge in [0.2, 0.25) is 0 Å². The minimum absolute atomic E-state index is 0.394. The molecule has 0 saturated carbocycles. The van der Waals surface area contributed by atoms with Crippen LogP contribution < -0.4 is 4.74 Å². The Morgan fingerprint density at radius 3 is 2.09 bits per heavy atom. The van der Waals surface area contributed by atoms with E-state index in [0.29, 0.717) is 0 Å². The highest BCUT2D eigenvalue weighted by Crippen LogP contribution is 2.66. The molecule has 0 amide bonds. The molecule has 3 heteroatoms. The van der Waals surface area contributed by atoms with Crippen LogP contribution in [0.5, 0.6) is 11.5 Å². The van der Waals surface area contributed by atoms with Crippen LogP contribution in [0.2, 0.25) is 5.02 Å². The van der Waals surface area contributed by atoms with E-state index in [0.717, 1.165) is 21.4 Å². The number of hydrogen-bond acceptors (Lipinski definition) is 2. The van der Waals surface area contributed by atoms with Gasteiger partial charge in [-0.1, -0.05) is 96.2 Å². The van der Waals surface area contributed by atoms with Crippen molar-refractivity contribution in [1.82, 2.24) is 0 Å². The number of benzene rings is 5. The van der Waals surface area contributed by atoms with Crippen LogP contribution in [0.4, 0.5) is 0 Å². The molecule has 0 bridgehead atoms. The van der Waals surface area contributed by atoms with Gasteiger partial charge in [0, 0.05) is 10.6 Å². The number of ether oxygens (including phenoxy) is 1. The summed E-state index contributed by atoms with van der Waals surface area (Å²) in [6, 6.07) is 36.7. The van der Waals surface area contributed by atoms with Gasteiger partial charge in [-0.2, -0.15) is 0 Å². The Balaban J connectivity index is 1.52. The first kappa shape index (κ1) is 18.9. The largest absolute Gasteiger partial charge is 0.455 e. The van der Waals surface area contributed by atoms with Gasteiger partial charge in [-0.05, 0) is 69.3 Å². The zero-order chi connectivity index (χ0) is 22.4. The number of fused-ring (bicyclic) bond motifs is 13. The van der Waals surface area contributed by atoms with Gasteiger partial charge in [0.25, 0.3) is 0 Å². The van der Waals surface area contributed by atoms with Gasteiger partial charge in [-0.3, -0.25) is 0 Å². The molecule has 5 aromatic rings. The van der Waals surface area contributed by atoms with Gasteiger partial charge in [0.15, 0.2) is 0 Å². The smallest absolute Gasteiger partial charge is 0.142 e. The SMILES string of the molecule is Clc1ccc2c(c1)C1(c3ccccc3-c3ccccc31)c1ccc3c(c1-2)Sc1ccccc1O3. The van der Waals surface area contributed by atoms with E-state index >= 15 is 0 Å². The lowest BCUT2D eigenvalue weighted by Crippen LogP contribution is -2.25. The van der Waals surface area contributed by atoms with Crippen molar-refractivity contribution in [1.29, 1.82) is 0 Å². The number of rotatable bonds is 0. The van der Waals surface area contributed by atoms with Crippen LogP contribution in [0, 0.1) is 0 Å². The molecule has 1 aliphatic heterocycles. The van der Waals surface area contributed by atoms with Crippen molar-refractivity contribution in [2.75, 3.05) is 0 Å². The summed E-state index contributed by atoms with van der Waals surface area (Å²) in [5.74, 6) is 1.83. The van der Waals surface area contributed by atoms with Gasteiger partial charge >= 0.3 is 0 Å². The fourth-order valence-corrected chi connectivity index (χ4v) is 7.46. The average Bonchev–Trinajstić information content (AvgIpc) is 3.34. The summed E-state index contributed by atoms with van der Waals surface area (Å²) in [7, 11) is 0. The summed E-state index contributed by atoms with van der Waals surface area (Å²) in [6.07, 6.45) is 0. The standard InChI is InChI=1S/C31H17ClOS/c32-18-13-14-21-25(17-18)31(22-9-3-1-7-19(22)20-8-2-4-10-23(20)31)24-15-16-27-30(29(21)24)34-28-12-6-5-11-26(28)33-27/h1-17H. The van der Waals surface area contributed by atoms with Crippen molar-refractivity contribution in [2.24, 2.45) is 0 Å².